The van der Waals surface area contributed by atoms with Gasteiger partial charge in [0.25, 0.3) is 0 Å². The average Bonchev–Trinajstić information content (AvgIpc) is 2.39. The number of amides is 1. The summed E-state index contributed by atoms with van der Waals surface area (Å²) in [5, 5.41) is 12.1. The van der Waals surface area contributed by atoms with Crippen LogP contribution in [-0.4, -0.2) is 35.7 Å². The normalized spacial score (nSPS) is 35.6. The van der Waals surface area contributed by atoms with E-state index < -0.39 is 5.97 Å². The topological polar surface area (TPSA) is 75.6 Å². The highest BCUT2D eigenvalue weighted by Gasteiger charge is 2.35. The van der Waals surface area contributed by atoms with E-state index in [-0.39, 0.29) is 23.3 Å². The van der Waals surface area contributed by atoms with Gasteiger partial charge in [0.1, 0.15) is 0 Å². The molecule has 0 spiro atoms. The first-order valence-corrected chi connectivity index (χ1v) is 7.13. The van der Waals surface area contributed by atoms with E-state index in [1.165, 1.54) is 0 Å². The third kappa shape index (κ3) is 3.69. The van der Waals surface area contributed by atoms with Crippen molar-refractivity contribution in [3.63, 3.8) is 0 Å². The van der Waals surface area contributed by atoms with Gasteiger partial charge in [0.05, 0.1) is 18.1 Å². The summed E-state index contributed by atoms with van der Waals surface area (Å²) in [6, 6.07) is 0. The maximum absolute atomic E-state index is 12.3. The highest BCUT2D eigenvalue weighted by Crippen LogP contribution is 2.30. The number of nitrogens with one attached hydrogen (secondary N) is 1. The molecule has 1 amide bonds. The zero-order chi connectivity index (χ0) is 13.9. The van der Waals surface area contributed by atoms with Crippen LogP contribution in [0.3, 0.4) is 0 Å². The number of hydrogen-bond acceptors (Lipinski definition) is 3. The Labute approximate surface area is 113 Å². The van der Waals surface area contributed by atoms with E-state index in [0.29, 0.717) is 19.4 Å². The number of rotatable bonds is 3. The lowest BCUT2D eigenvalue weighted by Gasteiger charge is -2.36. The smallest absolute Gasteiger partial charge is 0.306 e. The van der Waals surface area contributed by atoms with Crippen LogP contribution >= 0.6 is 0 Å². The molecular weight excluding hydrogens is 246 g/mol. The van der Waals surface area contributed by atoms with Crippen LogP contribution in [0.1, 0.15) is 45.4 Å². The molecule has 0 aromatic heterocycles. The molecule has 0 radical (unpaired) electrons. The van der Waals surface area contributed by atoms with E-state index in [1.54, 1.807) is 0 Å². The molecule has 108 valence electrons. The standard InChI is InChI=1S/C14H23NO4/c1-14(6-3-7-19-9-14)15-12(16)10-4-2-5-11(8-10)13(17)18/h10-11H,2-9H2,1H3,(H,15,16)(H,17,18). The fourth-order valence-electron chi connectivity index (χ4n) is 3.08. The van der Waals surface area contributed by atoms with Gasteiger partial charge in [-0.25, -0.2) is 0 Å². The first-order chi connectivity index (χ1) is 9.00. The second-order valence-electron chi connectivity index (χ2n) is 6.10. The molecule has 1 heterocycles. The van der Waals surface area contributed by atoms with E-state index in [4.69, 9.17) is 9.84 Å². The van der Waals surface area contributed by atoms with Gasteiger partial charge in [0.2, 0.25) is 5.91 Å². The molecule has 3 unspecified atom stereocenters. The number of carboxylic acid groups (broad SMARTS) is 1. The molecule has 1 saturated heterocycles. The number of aliphatic carboxylic acids is 1. The summed E-state index contributed by atoms with van der Waals surface area (Å²) in [6.45, 7) is 3.31. The Hall–Kier alpha value is -1.10. The molecule has 2 fully saturated rings. The SMILES string of the molecule is CC1(NC(=O)C2CCCC(C(=O)O)C2)CCCOC1. The van der Waals surface area contributed by atoms with Crippen molar-refractivity contribution in [3.05, 3.63) is 0 Å². The van der Waals surface area contributed by atoms with Crippen LogP contribution in [0, 0.1) is 11.8 Å². The third-order valence-corrected chi connectivity index (χ3v) is 4.26. The zero-order valence-electron chi connectivity index (χ0n) is 11.5. The first kappa shape index (κ1) is 14.3. The second kappa shape index (κ2) is 5.90. The molecule has 2 N–H and O–H groups in total. The van der Waals surface area contributed by atoms with Gasteiger partial charge >= 0.3 is 5.97 Å². The van der Waals surface area contributed by atoms with Gasteiger partial charge in [-0.05, 0) is 39.0 Å². The van der Waals surface area contributed by atoms with E-state index >= 15 is 0 Å². The Balaban J connectivity index is 1.90. The molecule has 0 aromatic carbocycles. The van der Waals surface area contributed by atoms with Crippen LogP contribution < -0.4 is 5.32 Å². The lowest BCUT2D eigenvalue weighted by atomic mass is 9.80. The van der Waals surface area contributed by atoms with Crippen molar-refractivity contribution in [1.29, 1.82) is 0 Å². The number of carbonyl (C=O) groups is 2. The molecule has 1 aliphatic carbocycles. The predicted molar refractivity (Wildman–Crippen MR) is 69.7 cm³/mol. The molecule has 1 saturated carbocycles. The molecule has 19 heavy (non-hydrogen) atoms. The van der Waals surface area contributed by atoms with Crippen LogP contribution in [0.2, 0.25) is 0 Å². The second-order valence-corrected chi connectivity index (χ2v) is 6.10. The van der Waals surface area contributed by atoms with Gasteiger partial charge in [-0.1, -0.05) is 6.42 Å². The molecule has 0 aromatic rings. The quantitative estimate of drug-likeness (QED) is 0.815. The summed E-state index contributed by atoms with van der Waals surface area (Å²) in [5.41, 5.74) is -0.286. The van der Waals surface area contributed by atoms with Gasteiger partial charge in [-0.3, -0.25) is 9.59 Å². The number of hydrogen-bond donors (Lipinski definition) is 2. The Bertz CT molecular complexity index is 349. The minimum Gasteiger partial charge on any atom is -0.481 e. The summed E-state index contributed by atoms with van der Waals surface area (Å²) in [7, 11) is 0. The van der Waals surface area contributed by atoms with Crippen molar-refractivity contribution in [2.75, 3.05) is 13.2 Å². The first-order valence-electron chi connectivity index (χ1n) is 7.13. The molecule has 2 aliphatic rings. The maximum atomic E-state index is 12.3. The van der Waals surface area contributed by atoms with Gasteiger partial charge in [-0.15, -0.1) is 0 Å². The highest BCUT2D eigenvalue weighted by molar-refractivity contribution is 5.80. The minimum atomic E-state index is -0.773. The van der Waals surface area contributed by atoms with Gasteiger partial charge < -0.3 is 15.2 Å². The molecule has 5 nitrogen and oxygen atoms in total. The van der Waals surface area contributed by atoms with Crippen molar-refractivity contribution < 1.29 is 19.4 Å². The maximum Gasteiger partial charge on any atom is 0.306 e. The van der Waals surface area contributed by atoms with Crippen LogP contribution in [0.5, 0.6) is 0 Å². The monoisotopic (exact) mass is 269 g/mol. The molecule has 0 bridgehead atoms. The van der Waals surface area contributed by atoms with Crippen molar-refractivity contribution in [2.24, 2.45) is 11.8 Å². The largest absolute Gasteiger partial charge is 0.481 e. The summed E-state index contributed by atoms with van der Waals surface area (Å²) in [6.07, 6.45) is 4.67. The number of carbonyl (C=O) groups excluding carboxylic acids is 1. The van der Waals surface area contributed by atoms with E-state index in [9.17, 15) is 9.59 Å². The summed E-state index contributed by atoms with van der Waals surface area (Å²) in [5.74, 6) is -1.29. The Morgan fingerprint density at radius 2 is 2.00 bits per heavy atom. The molecular formula is C14H23NO4. The third-order valence-electron chi connectivity index (χ3n) is 4.26. The zero-order valence-corrected chi connectivity index (χ0v) is 11.5. The number of carboxylic acids is 1. The van der Waals surface area contributed by atoms with Crippen molar-refractivity contribution in [1.82, 2.24) is 5.32 Å². The summed E-state index contributed by atoms with van der Waals surface area (Å²) < 4.78 is 5.42. The summed E-state index contributed by atoms with van der Waals surface area (Å²) >= 11 is 0. The van der Waals surface area contributed by atoms with Crippen LogP contribution in [-0.2, 0) is 14.3 Å². The molecule has 1 aliphatic heterocycles. The lowest BCUT2D eigenvalue weighted by molar-refractivity contribution is -0.144. The number of ether oxygens (including phenoxy) is 1. The Kier molecular flexibility index (Phi) is 4.45. The average molecular weight is 269 g/mol. The molecule has 5 heteroatoms. The minimum absolute atomic E-state index is 0.000972. The van der Waals surface area contributed by atoms with Gasteiger partial charge in [-0.2, -0.15) is 0 Å². The van der Waals surface area contributed by atoms with Crippen molar-refractivity contribution in [2.45, 2.75) is 51.0 Å². The predicted octanol–water partition coefficient (Wildman–Crippen LogP) is 1.56. The fourth-order valence-corrected chi connectivity index (χ4v) is 3.08. The van der Waals surface area contributed by atoms with Crippen molar-refractivity contribution >= 4 is 11.9 Å². The molecule has 2 rings (SSSR count). The van der Waals surface area contributed by atoms with Gasteiger partial charge in [0, 0.05) is 12.5 Å². The van der Waals surface area contributed by atoms with E-state index in [1.807, 2.05) is 6.92 Å². The van der Waals surface area contributed by atoms with Crippen LogP contribution in [0.15, 0.2) is 0 Å². The van der Waals surface area contributed by atoms with E-state index in [0.717, 1.165) is 32.3 Å². The summed E-state index contributed by atoms with van der Waals surface area (Å²) in [4.78, 5) is 23.3. The van der Waals surface area contributed by atoms with Crippen LogP contribution in [0.25, 0.3) is 0 Å². The molecule has 3 atom stereocenters. The van der Waals surface area contributed by atoms with Crippen molar-refractivity contribution in [3.8, 4) is 0 Å². The van der Waals surface area contributed by atoms with Gasteiger partial charge in [0.15, 0.2) is 0 Å². The Morgan fingerprint density at radius 3 is 2.63 bits per heavy atom. The van der Waals surface area contributed by atoms with Crippen LogP contribution in [0.4, 0.5) is 0 Å². The Morgan fingerprint density at radius 1 is 1.26 bits per heavy atom. The van der Waals surface area contributed by atoms with E-state index in [2.05, 4.69) is 5.32 Å². The highest BCUT2D eigenvalue weighted by atomic mass is 16.5. The fraction of sp³-hybridized carbons (Fsp3) is 0.857. The lowest BCUT2D eigenvalue weighted by Crippen LogP contribution is -2.53.